The number of methoxy groups -OCH3 is 1. The van der Waals surface area contributed by atoms with Crippen molar-refractivity contribution in [2.45, 2.75) is 32.2 Å². The first-order valence-electron chi connectivity index (χ1n) is 12.3. The van der Waals surface area contributed by atoms with Crippen LogP contribution < -0.4 is 15.4 Å². The van der Waals surface area contributed by atoms with Gasteiger partial charge in [0.2, 0.25) is 11.8 Å². The molecule has 4 amide bonds. The number of rotatable bonds is 8. The van der Waals surface area contributed by atoms with E-state index in [-0.39, 0.29) is 17.8 Å². The number of amides is 4. The van der Waals surface area contributed by atoms with Crippen molar-refractivity contribution in [2.24, 2.45) is 0 Å². The van der Waals surface area contributed by atoms with Gasteiger partial charge in [0.05, 0.1) is 7.11 Å². The first-order chi connectivity index (χ1) is 17.4. The smallest absolute Gasteiger partial charge is 0.318 e. The van der Waals surface area contributed by atoms with E-state index in [2.05, 4.69) is 21.7 Å². The van der Waals surface area contributed by atoms with E-state index < -0.39 is 6.04 Å². The molecule has 0 bridgehead atoms. The van der Waals surface area contributed by atoms with Crippen molar-refractivity contribution in [1.82, 2.24) is 20.1 Å². The second-order valence-corrected chi connectivity index (χ2v) is 8.97. The van der Waals surface area contributed by atoms with Crippen molar-refractivity contribution in [3.05, 3.63) is 60.3 Å². The zero-order chi connectivity index (χ0) is 25.5. The molecule has 9 nitrogen and oxygen atoms in total. The van der Waals surface area contributed by atoms with Crippen LogP contribution in [0.15, 0.2) is 54.7 Å². The average Bonchev–Trinajstić information content (AvgIpc) is 3.31. The summed E-state index contributed by atoms with van der Waals surface area (Å²) in [4.78, 5) is 44.6. The molecule has 36 heavy (non-hydrogen) atoms. The van der Waals surface area contributed by atoms with E-state index in [1.165, 1.54) is 10.9 Å². The number of fused-ring (bicyclic) bond motifs is 1. The quantitative estimate of drug-likeness (QED) is 0.449. The highest BCUT2D eigenvalue weighted by Crippen LogP contribution is 2.20. The summed E-state index contributed by atoms with van der Waals surface area (Å²) < 4.78 is 5.16. The number of anilines is 1. The molecule has 2 aromatic carbocycles. The van der Waals surface area contributed by atoms with Crippen LogP contribution in [-0.4, -0.2) is 72.0 Å². The van der Waals surface area contributed by atoms with Crippen molar-refractivity contribution in [3.8, 4) is 5.75 Å². The maximum Gasteiger partial charge on any atom is 0.318 e. The van der Waals surface area contributed by atoms with E-state index in [4.69, 9.17) is 4.74 Å². The molecule has 0 spiro atoms. The zero-order valence-corrected chi connectivity index (χ0v) is 20.8. The fourth-order valence-corrected chi connectivity index (χ4v) is 4.38. The van der Waals surface area contributed by atoms with Crippen molar-refractivity contribution in [3.63, 3.8) is 0 Å². The van der Waals surface area contributed by atoms with E-state index in [1.54, 1.807) is 43.2 Å². The van der Waals surface area contributed by atoms with Crippen molar-refractivity contribution < 1.29 is 19.1 Å². The lowest BCUT2D eigenvalue weighted by Gasteiger charge is -2.35. The van der Waals surface area contributed by atoms with Crippen LogP contribution in [0.4, 0.5) is 10.5 Å². The number of urea groups is 1. The van der Waals surface area contributed by atoms with Crippen LogP contribution in [0, 0.1) is 0 Å². The first kappa shape index (κ1) is 25.1. The van der Waals surface area contributed by atoms with Gasteiger partial charge >= 0.3 is 6.03 Å². The Bertz CT molecular complexity index is 1220. The van der Waals surface area contributed by atoms with Gasteiger partial charge in [0.1, 0.15) is 11.8 Å². The van der Waals surface area contributed by atoms with Crippen LogP contribution in [-0.2, 0) is 16.0 Å². The number of hydrogen-bond acceptors (Lipinski definition) is 4. The summed E-state index contributed by atoms with van der Waals surface area (Å²) in [6.07, 6.45) is 4.12. The molecule has 0 saturated carbocycles. The number of hydrogen-bond donors (Lipinski definition) is 3. The standard InChI is InChI=1S/C27H33N5O4/c1-19(26(34)30-21-8-6-9-22(17-21)36-2)29-27(35)32-15-13-31(14-16-32)25(33)12-5-7-20-18-28-24-11-4-3-10-23(20)24/h3-4,6,8-11,17-19,28H,5,7,12-16H2,1-2H3,(H,29,35)(H,30,34)/t19-/m1/s1. The maximum atomic E-state index is 12.7. The molecule has 1 aliphatic rings. The van der Waals surface area contributed by atoms with Gasteiger partial charge < -0.3 is 30.2 Å². The SMILES string of the molecule is COc1cccc(NC(=O)[C@@H](C)NC(=O)N2CCN(C(=O)CCCc3c[nH]c4ccccc34)CC2)c1. The number of carbonyl (C=O) groups is 3. The summed E-state index contributed by atoms with van der Waals surface area (Å²) in [6.45, 7) is 3.49. The summed E-state index contributed by atoms with van der Waals surface area (Å²) in [5.74, 6) is 0.427. The van der Waals surface area contributed by atoms with Gasteiger partial charge in [-0.05, 0) is 43.5 Å². The first-order valence-corrected chi connectivity index (χ1v) is 12.3. The third-order valence-corrected chi connectivity index (χ3v) is 6.50. The van der Waals surface area contributed by atoms with Crippen LogP contribution in [0.5, 0.6) is 5.75 Å². The molecular formula is C27H33N5O4. The van der Waals surface area contributed by atoms with Crippen molar-refractivity contribution >= 4 is 34.4 Å². The number of nitrogens with zero attached hydrogens (tertiary/aromatic N) is 2. The van der Waals surface area contributed by atoms with Gasteiger partial charge in [-0.25, -0.2) is 4.79 Å². The van der Waals surface area contributed by atoms with Gasteiger partial charge in [-0.15, -0.1) is 0 Å². The Morgan fingerprint density at radius 2 is 1.78 bits per heavy atom. The van der Waals surface area contributed by atoms with Crippen LogP contribution in [0.3, 0.4) is 0 Å². The molecule has 1 aliphatic heterocycles. The van der Waals surface area contributed by atoms with E-state index in [1.807, 2.05) is 29.3 Å². The number of para-hydroxylation sites is 1. The fraction of sp³-hybridized carbons (Fsp3) is 0.370. The predicted molar refractivity (Wildman–Crippen MR) is 139 cm³/mol. The van der Waals surface area contributed by atoms with Crippen LogP contribution in [0.2, 0.25) is 0 Å². The third kappa shape index (κ3) is 6.16. The van der Waals surface area contributed by atoms with Gasteiger partial charge in [0, 0.05) is 61.5 Å². The van der Waals surface area contributed by atoms with Crippen molar-refractivity contribution in [1.29, 1.82) is 0 Å². The average molecular weight is 492 g/mol. The summed E-state index contributed by atoms with van der Waals surface area (Å²) >= 11 is 0. The molecular weight excluding hydrogens is 458 g/mol. The topological polar surface area (TPSA) is 107 Å². The maximum absolute atomic E-state index is 12.7. The predicted octanol–water partition coefficient (Wildman–Crippen LogP) is 3.38. The highest BCUT2D eigenvalue weighted by atomic mass is 16.5. The minimum absolute atomic E-state index is 0.112. The molecule has 1 fully saturated rings. The Morgan fingerprint density at radius 1 is 1.03 bits per heavy atom. The van der Waals surface area contributed by atoms with Crippen LogP contribution in [0.25, 0.3) is 10.9 Å². The minimum atomic E-state index is -0.715. The number of ether oxygens (including phenoxy) is 1. The summed E-state index contributed by atoms with van der Waals surface area (Å²) in [5.41, 5.74) is 2.93. The fourth-order valence-electron chi connectivity index (χ4n) is 4.38. The molecule has 3 aromatic rings. The third-order valence-electron chi connectivity index (χ3n) is 6.50. The highest BCUT2D eigenvalue weighted by Gasteiger charge is 2.26. The van der Waals surface area contributed by atoms with Gasteiger partial charge in [-0.2, -0.15) is 0 Å². The molecule has 0 unspecified atom stereocenters. The molecule has 1 saturated heterocycles. The molecule has 2 heterocycles. The minimum Gasteiger partial charge on any atom is -0.497 e. The summed E-state index contributed by atoms with van der Waals surface area (Å²) in [6, 6.07) is 14.2. The molecule has 190 valence electrons. The molecule has 3 N–H and O–H groups in total. The number of carbonyl (C=O) groups excluding carboxylic acids is 3. The summed E-state index contributed by atoms with van der Waals surface area (Å²) in [5, 5.41) is 6.73. The van der Waals surface area contributed by atoms with E-state index >= 15 is 0 Å². The van der Waals surface area contributed by atoms with Gasteiger partial charge in [-0.3, -0.25) is 9.59 Å². The number of piperazine rings is 1. The lowest BCUT2D eigenvalue weighted by Crippen LogP contribution is -2.55. The molecule has 4 rings (SSSR count). The highest BCUT2D eigenvalue weighted by molar-refractivity contribution is 5.96. The van der Waals surface area contributed by atoms with E-state index in [0.29, 0.717) is 44.0 Å². The number of aromatic amines is 1. The van der Waals surface area contributed by atoms with Crippen LogP contribution in [0.1, 0.15) is 25.3 Å². The Hall–Kier alpha value is -4.01. The second kappa shape index (κ2) is 11.6. The van der Waals surface area contributed by atoms with Crippen molar-refractivity contribution in [2.75, 3.05) is 38.6 Å². The summed E-state index contributed by atoms with van der Waals surface area (Å²) in [7, 11) is 1.56. The van der Waals surface area contributed by atoms with Crippen LogP contribution >= 0.6 is 0 Å². The lowest BCUT2D eigenvalue weighted by molar-refractivity contribution is -0.132. The van der Waals surface area contributed by atoms with Gasteiger partial charge in [0.15, 0.2) is 0 Å². The largest absolute Gasteiger partial charge is 0.497 e. The molecule has 0 radical (unpaired) electrons. The Balaban J connectivity index is 1.18. The van der Waals surface area contributed by atoms with Gasteiger partial charge in [-0.1, -0.05) is 24.3 Å². The number of aryl methyl sites for hydroxylation is 1. The number of H-pyrrole nitrogens is 1. The molecule has 1 aromatic heterocycles. The molecule has 0 aliphatic carbocycles. The van der Waals surface area contributed by atoms with E-state index in [9.17, 15) is 14.4 Å². The Labute approximate surface area is 210 Å². The monoisotopic (exact) mass is 491 g/mol. The second-order valence-electron chi connectivity index (χ2n) is 8.97. The Kier molecular flexibility index (Phi) is 8.10. The number of aromatic nitrogens is 1. The molecule has 1 atom stereocenters. The Morgan fingerprint density at radius 3 is 2.56 bits per heavy atom. The zero-order valence-electron chi connectivity index (χ0n) is 20.8. The normalized spacial score (nSPS) is 14.4. The number of benzene rings is 2. The van der Waals surface area contributed by atoms with E-state index in [0.717, 1.165) is 18.4 Å². The molecule has 9 heteroatoms. The van der Waals surface area contributed by atoms with Gasteiger partial charge in [0.25, 0.3) is 0 Å². The number of nitrogens with one attached hydrogen (secondary N) is 3. The lowest BCUT2D eigenvalue weighted by atomic mass is 10.1.